The first-order chi connectivity index (χ1) is 10.9. The number of hydrogen-bond acceptors (Lipinski definition) is 4. The van der Waals surface area contributed by atoms with Gasteiger partial charge in [0.05, 0.1) is 5.75 Å². The van der Waals surface area contributed by atoms with Crippen LogP contribution in [0.2, 0.25) is 0 Å². The Morgan fingerprint density at radius 3 is 2.61 bits per heavy atom. The van der Waals surface area contributed by atoms with Crippen molar-refractivity contribution in [2.45, 2.75) is 13.3 Å². The van der Waals surface area contributed by atoms with Gasteiger partial charge in [-0.1, -0.05) is 18.2 Å². The number of carbonyl (C=O) groups is 1. The van der Waals surface area contributed by atoms with E-state index in [0.717, 1.165) is 0 Å². The van der Waals surface area contributed by atoms with Crippen molar-refractivity contribution in [3.8, 4) is 5.75 Å². The van der Waals surface area contributed by atoms with Gasteiger partial charge in [-0.3, -0.25) is 4.79 Å². The third-order valence-electron chi connectivity index (χ3n) is 4.02. The summed E-state index contributed by atoms with van der Waals surface area (Å²) in [6.45, 7) is 3.73. The molecule has 7 heteroatoms. The van der Waals surface area contributed by atoms with Gasteiger partial charge in [-0.15, -0.1) is 0 Å². The van der Waals surface area contributed by atoms with E-state index >= 15 is 0 Å². The summed E-state index contributed by atoms with van der Waals surface area (Å²) >= 11 is 0. The van der Waals surface area contributed by atoms with Crippen molar-refractivity contribution in [3.63, 3.8) is 0 Å². The molecule has 128 valence electrons. The highest BCUT2D eigenvalue weighted by atomic mass is 32.2. The lowest BCUT2D eigenvalue weighted by Gasteiger charge is -2.21. The predicted octanol–water partition coefficient (Wildman–Crippen LogP) is 1.20. The van der Waals surface area contributed by atoms with Crippen LogP contribution in [-0.2, 0) is 14.8 Å². The smallest absolute Gasteiger partial charge is 0.222 e. The zero-order valence-electron chi connectivity index (χ0n) is 13.6. The quantitative estimate of drug-likeness (QED) is 0.713. The van der Waals surface area contributed by atoms with Crippen LogP contribution in [0.3, 0.4) is 0 Å². The molecule has 1 amide bonds. The van der Waals surface area contributed by atoms with Crippen LogP contribution in [0.25, 0.3) is 0 Å². The molecule has 1 fully saturated rings. The summed E-state index contributed by atoms with van der Waals surface area (Å²) in [5, 5.41) is 0. The molecular formula is C16H24N2O4S. The number of hydrogen-bond donors (Lipinski definition) is 0. The Hall–Kier alpha value is -1.60. The second-order valence-electron chi connectivity index (χ2n) is 5.76. The molecule has 0 unspecified atom stereocenters. The summed E-state index contributed by atoms with van der Waals surface area (Å²) < 4.78 is 31.4. The zero-order valence-corrected chi connectivity index (χ0v) is 14.5. The van der Waals surface area contributed by atoms with Crippen LogP contribution < -0.4 is 4.74 Å². The SMILES string of the molecule is CCN1C[C@@H](CN(C)S(=O)(=O)CCOc2ccccc2)CC1=O. The lowest BCUT2D eigenvalue weighted by atomic mass is 10.1. The third-order valence-corrected chi connectivity index (χ3v) is 5.80. The molecule has 0 bridgehead atoms. The van der Waals surface area contributed by atoms with Crippen LogP contribution in [0.15, 0.2) is 30.3 Å². The van der Waals surface area contributed by atoms with Crippen molar-refractivity contribution in [1.29, 1.82) is 0 Å². The van der Waals surface area contributed by atoms with Crippen LogP contribution in [0, 0.1) is 5.92 Å². The maximum atomic E-state index is 12.3. The lowest BCUT2D eigenvalue weighted by molar-refractivity contribution is -0.127. The number of carbonyl (C=O) groups excluding carboxylic acids is 1. The van der Waals surface area contributed by atoms with Crippen molar-refractivity contribution >= 4 is 15.9 Å². The second-order valence-corrected chi connectivity index (χ2v) is 7.96. The molecule has 1 atom stereocenters. The largest absolute Gasteiger partial charge is 0.492 e. The number of nitrogens with zero attached hydrogens (tertiary/aromatic N) is 2. The normalized spacial score (nSPS) is 18.7. The van der Waals surface area contributed by atoms with Crippen molar-refractivity contribution < 1.29 is 17.9 Å². The first kappa shape index (κ1) is 17.7. The Labute approximate surface area is 138 Å². The summed E-state index contributed by atoms with van der Waals surface area (Å²) in [6.07, 6.45) is 0.425. The molecule has 0 aromatic heterocycles. The summed E-state index contributed by atoms with van der Waals surface area (Å²) in [4.78, 5) is 13.5. The van der Waals surface area contributed by atoms with Gasteiger partial charge in [0.2, 0.25) is 15.9 Å². The highest BCUT2D eigenvalue weighted by molar-refractivity contribution is 7.89. The van der Waals surface area contributed by atoms with Crippen LogP contribution in [0.4, 0.5) is 0 Å². The lowest BCUT2D eigenvalue weighted by Crippen LogP contribution is -2.36. The van der Waals surface area contributed by atoms with Gasteiger partial charge >= 0.3 is 0 Å². The minimum Gasteiger partial charge on any atom is -0.492 e. The van der Waals surface area contributed by atoms with E-state index in [2.05, 4.69) is 0 Å². The molecule has 1 heterocycles. The monoisotopic (exact) mass is 340 g/mol. The molecule has 1 aromatic carbocycles. The number of rotatable bonds is 8. The van der Waals surface area contributed by atoms with Gasteiger partial charge in [-0.05, 0) is 25.0 Å². The third kappa shape index (κ3) is 4.94. The van der Waals surface area contributed by atoms with Crippen molar-refractivity contribution in [1.82, 2.24) is 9.21 Å². The van der Waals surface area contributed by atoms with Crippen molar-refractivity contribution in [3.05, 3.63) is 30.3 Å². The fourth-order valence-corrected chi connectivity index (χ4v) is 3.74. The van der Waals surface area contributed by atoms with Crippen LogP contribution >= 0.6 is 0 Å². The van der Waals surface area contributed by atoms with Crippen LogP contribution in [-0.4, -0.2) is 62.6 Å². The van der Waals surface area contributed by atoms with Gasteiger partial charge in [0.15, 0.2) is 0 Å². The van der Waals surface area contributed by atoms with Crippen LogP contribution in [0.5, 0.6) is 5.75 Å². The Morgan fingerprint density at radius 1 is 1.30 bits per heavy atom. The van der Waals surface area contributed by atoms with E-state index in [4.69, 9.17) is 4.74 Å². The highest BCUT2D eigenvalue weighted by Gasteiger charge is 2.31. The second kappa shape index (κ2) is 7.79. The Balaban J connectivity index is 1.81. The Kier molecular flexibility index (Phi) is 6.01. The van der Waals surface area contributed by atoms with Gasteiger partial charge in [0, 0.05) is 33.1 Å². The minimum absolute atomic E-state index is 0.0669. The number of amides is 1. The highest BCUT2D eigenvalue weighted by Crippen LogP contribution is 2.19. The summed E-state index contributed by atoms with van der Waals surface area (Å²) in [7, 11) is -1.81. The zero-order chi connectivity index (χ0) is 16.9. The molecule has 0 N–H and O–H groups in total. The fraction of sp³-hybridized carbons (Fsp3) is 0.562. The number of para-hydroxylation sites is 1. The van der Waals surface area contributed by atoms with Crippen molar-refractivity contribution in [2.24, 2.45) is 5.92 Å². The van der Waals surface area contributed by atoms with Crippen molar-refractivity contribution in [2.75, 3.05) is 39.0 Å². The van der Waals surface area contributed by atoms with E-state index in [-0.39, 0.29) is 24.2 Å². The van der Waals surface area contributed by atoms with Crippen LogP contribution in [0.1, 0.15) is 13.3 Å². The molecule has 6 nitrogen and oxygen atoms in total. The number of sulfonamides is 1. The summed E-state index contributed by atoms with van der Waals surface area (Å²) in [5.74, 6) is 0.759. The molecule has 23 heavy (non-hydrogen) atoms. The average Bonchev–Trinajstić information content (AvgIpc) is 2.87. The molecule has 1 aliphatic heterocycles. The molecule has 1 saturated heterocycles. The molecule has 1 aliphatic rings. The number of ether oxygens (including phenoxy) is 1. The molecule has 1 aromatic rings. The molecular weight excluding hydrogens is 316 g/mol. The molecule has 0 aliphatic carbocycles. The maximum Gasteiger partial charge on any atom is 0.222 e. The molecule has 0 spiro atoms. The molecule has 2 rings (SSSR count). The Bertz CT molecular complexity index is 618. The molecule has 0 radical (unpaired) electrons. The van der Waals surface area contributed by atoms with Gasteiger partial charge in [-0.25, -0.2) is 12.7 Å². The Morgan fingerprint density at radius 2 is 2.00 bits per heavy atom. The van der Waals surface area contributed by atoms with E-state index < -0.39 is 10.0 Å². The summed E-state index contributed by atoms with van der Waals surface area (Å²) in [6, 6.07) is 9.14. The number of benzene rings is 1. The topological polar surface area (TPSA) is 66.9 Å². The van der Waals surface area contributed by atoms with Gasteiger partial charge in [0.1, 0.15) is 12.4 Å². The van der Waals surface area contributed by atoms with Gasteiger partial charge < -0.3 is 9.64 Å². The van der Waals surface area contributed by atoms with Gasteiger partial charge in [0.25, 0.3) is 0 Å². The first-order valence-electron chi connectivity index (χ1n) is 7.82. The predicted molar refractivity (Wildman–Crippen MR) is 88.7 cm³/mol. The maximum absolute atomic E-state index is 12.3. The van der Waals surface area contributed by atoms with E-state index in [0.29, 0.717) is 31.8 Å². The van der Waals surface area contributed by atoms with Gasteiger partial charge in [-0.2, -0.15) is 0 Å². The van der Waals surface area contributed by atoms with E-state index in [1.807, 2.05) is 25.1 Å². The summed E-state index contributed by atoms with van der Waals surface area (Å²) in [5.41, 5.74) is 0. The minimum atomic E-state index is -3.38. The number of likely N-dealkylation sites (tertiary alicyclic amines) is 1. The van der Waals surface area contributed by atoms with E-state index in [1.54, 1.807) is 24.1 Å². The standard InChI is InChI=1S/C16H24N2O4S/c1-3-18-13-14(11-16(18)19)12-17(2)23(20,21)10-9-22-15-7-5-4-6-8-15/h4-8,14H,3,9-13H2,1-2H3/t14-/m1/s1. The molecule has 0 saturated carbocycles. The average molecular weight is 340 g/mol. The van der Waals surface area contributed by atoms with E-state index in [1.165, 1.54) is 4.31 Å². The van der Waals surface area contributed by atoms with E-state index in [9.17, 15) is 13.2 Å². The first-order valence-corrected chi connectivity index (χ1v) is 9.43. The fourth-order valence-electron chi connectivity index (χ4n) is 2.70.